The number of ether oxygens (including phenoxy) is 2. The summed E-state index contributed by atoms with van der Waals surface area (Å²) in [5.41, 5.74) is 2.36. The molecule has 0 aliphatic rings. The van der Waals surface area contributed by atoms with Gasteiger partial charge in [-0.2, -0.15) is 0 Å². The Morgan fingerprint density at radius 3 is 1.81 bits per heavy atom. The Morgan fingerprint density at radius 2 is 1.32 bits per heavy atom. The number of hydrogen-bond acceptors (Lipinski definition) is 5. The molecule has 0 saturated heterocycles. The number of nitrogens with one attached hydrogen (secondary N) is 1. The van der Waals surface area contributed by atoms with Crippen LogP contribution in [0.1, 0.15) is 29.7 Å². The Labute approximate surface area is 181 Å². The number of rotatable bonds is 8. The van der Waals surface area contributed by atoms with Crippen LogP contribution < -0.4 is 5.32 Å². The zero-order valence-corrected chi connectivity index (χ0v) is 17.2. The maximum absolute atomic E-state index is 12.9. The predicted molar refractivity (Wildman–Crippen MR) is 116 cm³/mol. The average Bonchev–Trinajstić information content (AvgIpc) is 2.81. The SMILES string of the molecule is C[C@@H](O)[C@@H](NC(=O)OCc1ccccc1)C(=O)OC(c1ccccc1)c1ccccc1. The second-order valence-corrected chi connectivity index (χ2v) is 7.06. The molecule has 0 saturated carbocycles. The van der Waals surface area contributed by atoms with E-state index in [1.165, 1.54) is 6.92 Å². The Bertz CT molecular complexity index is 921. The van der Waals surface area contributed by atoms with Gasteiger partial charge in [-0.25, -0.2) is 9.59 Å². The molecule has 3 rings (SSSR count). The van der Waals surface area contributed by atoms with Gasteiger partial charge >= 0.3 is 12.1 Å². The zero-order valence-electron chi connectivity index (χ0n) is 17.2. The van der Waals surface area contributed by atoms with Crippen LogP contribution in [0.5, 0.6) is 0 Å². The number of aliphatic hydroxyl groups excluding tert-OH is 1. The van der Waals surface area contributed by atoms with E-state index in [-0.39, 0.29) is 6.61 Å². The third-order valence-electron chi connectivity index (χ3n) is 4.66. The van der Waals surface area contributed by atoms with Gasteiger partial charge in [0.25, 0.3) is 0 Å². The third-order valence-corrected chi connectivity index (χ3v) is 4.66. The summed E-state index contributed by atoms with van der Waals surface area (Å²) in [5.74, 6) is -0.760. The molecular formula is C25H25NO5. The molecular weight excluding hydrogens is 394 g/mol. The number of alkyl carbamates (subject to hydrolysis) is 1. The minimum atomic E-state index is -1.28. The minimum absolute atomic E-state index is 0.0465. The summed E-state index contributed by atoms with van der Waals surface area (Å²) in [6.07, 6.45) is -2.68. The molecule has 6 nitrogen and oxygen atoms in total. The fourth-order valence-corrected chi connectivity index (χ4v) is 3.04. The van der Waals surface area contributed by atoms with Crippen LogP contribution in [0.4, 0.5) is 4.79 Å². The molecule has 0 aliphatic heterocycles. The molecule has 0 fully saturated rings. The summed E-state index contributed by atoms with van der Waals surface area (Å²) in [4.78, 5) is 25.1. The number of carbonyl (C=O) groups excluding carboxylic acids is 2. The molecule has 0 unspecified atom stereocenters. The first-order chi connectivity index (χ1) is 15.0. The molecule has 2 atom stereocenters. The van der Waals surface area contributed by atoms with Crippen LogP contribution in [0.3, 0.4) is 0 Å². The normalized spacial score (nSPS) is 12.6. The van der Waals surface area contributed by atoms with Gasteiger partial charge < -0.3 is 19.9 Å². The van der Waals surface area contributed by atoms with Crippen LogP contribution in [-0.2, 0) is 20.9 Å². The molecule has 160 valence electrons. The lowest BCUT2D eigenvalue weighted by Crippen LogP contribution is -2.49. The van der Waals surface area contributed by atoms with E-state index in [1.54, 1.807) is 0 Å². The number of esters is 1. The highest BCUT2D eigenvalue weighted by Gasteiger charge is 2.31. The van der Waals surface area contributed by atoms with Gasteiger partial charge in [0.05, 0.1) is 6.10 Å². The lowest BCUT2D eigenvalue weighted by atomic mass is 10.0. The molecule has 2 N–H and O–H groups in total. The summed E-state index contributed by atoms with van der Waals surface area (Å²) >= 11 is 0. The maximum Gasteiger partial charge on any atom is 0.408 e. The molecule has 0 radical (unpaired) electrons. The van der Waals surface area contributed by atoms with Crippen molar-refractivity contribution in [3.05, 3.63) is 108 Å². The summed E-state index contributed by atoms with van der Waals surface area (Å²) in [7, 11) is 0. The van der Waals surface area contributed by atoms with E-state index < -0.39 is 30.3 Å². The van der Waals surface area contributed by atoms with Crippen molar-refractivity contribution in [2.24, 2.45) is 0 Å². The number of benzene rings is 3. The van der Waals surface area contributed by atoms with E-state index in [4.69, 9.17) is 9.47 Å². The minimum Gasteiger partial charge on any atom is -0.451 e. The van der Waals surface area contributed by atoms with E-state index in [1.807, 2.05) is 91.0 Å². The van der Waals surface area contributed by atoms with E-state index in [9.17, 15) is 14.7 Å². The van der Waals surface area contributed by atoms with E-state index in [0.717, 1.165) is 16.7 Å². The molecule has 6 heteroatoms. The fourth-order valence-electron chi connectivity index (χ4n) is 3.04. The van der Waals surface area contributed by atoms with Crippen molar-refractivity contribution in [1.29, 1.82) is 0 Å². The quantitative estimate of drug-likeness (QED) is 0.539. The van der Waals surface area contributed by atoms with Crippen molar-refractivity contribution in [3.8, 4) is 0 Å². The van der Waals surface area contributed by atoms with Gasteiger partial charge in [-0.3, -0.25) is 0 Å². The van der Waals surface area contributed by atoms with Crippen molar-refractivity contribution in [3.63, 3.8) is 0 Å². The van der Waals surface area contributed by atoms with Gasteiger partial charge in [-0.15, -0.1) is 0 Å². The highest BCUT2D eigenvalue weighted by molar-refractivity contribution is 5.82. The van der Waals surface area contributed by atoms with Crippen molar-refractivity contribution >= 4 is 12.1 Å². The van der Waals surface area contributed by atoms with E-state index in [2.05, 4.69) is 5.32 Å². The fraction of sp³-hybridized carbons (Fsp3) is 0.200. The highest BCUT2D eigenvalue weighted by atomic mass is 16.6. The van der Waals surface area contributed by atoms with Crippen LogP contribution in [0.15, 0.2) is 91.0 Å². The molecule has 1 amide bonds. The Morgan fingerprint density at radius 1 is 0.839 bits per heavy atom. The van der Waals surface area contributed by atoms with Crippen LogP contribution >= 0.6 is 0 Å². The third kappa shape index (κ3) is 6.42. The maximum atomic E-state index is 12.9. The second kappa shape index (κ2) is 10.9. The first-order valence-corrected chi connectivity index (χ1v) is 10.0. The molecule has 0 aliphatic carbocycles. The molecule has 0 aromatic heterocycles. The lowest BCUT2D eigenvalue weighted by molar-refractivity contribution is -0.152. The molecule has 3 aromatic rings. The molecule has 0 spiro atoms. The van der Waals surface area contributed by atoms with Crippen molar-refractivity contribution in [1.82, 2.24) is 5.32 Å². The van der Waals surface area contributed by atoms with Gasteiger partial charge in [0, 0.05) is 0 Å². The predicted octanol–water partition coefficient (Wildman–Crippen LogP) is 4.00. The van der Waals surface area contributed by atoms with Gasteiger partial charge in [0.1, 0.15) is 6.61 Å². The Hall–Kier alpha value is -3.64. The average molecular weight is 419 g/mol. The van der Waals surface area contributed by atoms with Crippen molar-refractivity contribution in [2.75, 3.05) is 0 Å². The first-order valence-electron chi connectivity index (χ1n) is 10.0. The van der Waals surface area contributed by atoms with Crippen LogP contribution in [0.25, 0.3) is 0 Å². The van der Waals surface area contributed by atoms with Gasteiger partial charge in [-0.05, 0) is 23.6 Å². The summed E-state index contributed by atoms with van der Waals surface area (Å²) in [6.45, 7) is 1.45. The van der Waals surface area contributed by atoms with E-state index in [0.29, 0.717) is 0 Å². The summed E-state index contributed by atoms with van der Waals surface area (Å²) in [6, 6.07) is 26.4. The molecule has 0 heterocycles. The van der Waals surface area contributed by atoms with E-state index >= 15 is 0 Å². The number of hydrogen-bond donors (Lipinski definition) is 2. The standard InChI is InChI=1S/C25H25NO5/c1-18(27)22(26-25(29)30-17-19-11-5-2-6-12-19)24(28)31-23(20-13-7-3-8-14-20)21-15-9-4-10-16-21/h2-16,18,22-23,27H,17H2,1H3,(H,26,29)/t18-,22-/m1/s1. The molecule has 0 bridgehead atoms. The Kier molecular flexibility index (Phi) is 7.79. The van der Waals surface area contributed by atoms with Crippen LogP contribution in [-0.4, -0.2) is 29.3 Å². The van der Waals surface area contributed by atoms with Crippen LogP contribution in [0, 0.1) is 0 Å². The van der Waals surface area contributed by atoms with Gasteiger partial charge in [-0.1, -0.05) is 91.0 Å². The summed E-state index contributed by atoms with van der Waals surface area (Å²) in [5, 5.41) is 12.5. The molecule has 3 aromatic carbocycles. The van der Waals surface area contributed by atoms with Crippen molar-refractivity contribution in [2.45, 2.75) is 31.8 Å². The Balaban J connectivity index is 1.70. The first kappa shape index (κ1) is 22.1. The van der Waals surface area contributed by atoms with Crippen LogP contribution in [0.2, 0.25) is 0 Å². The van der Waals surface area contributed by atoms with Crippen molar-refractivity contribution < 1.29 is 24.2 Å². The number of aliphatic hydroxyl groups is 1. The zero-order chi connectivity index (χ0) is 22.1. The number of carbonyl (C=O) groups is 2. The molecule has 31 heavy (non-hydrogen) atoms. The van der Waals surface area contributed by atoms with Gasteiger partial charge in [0.2, 0.25) is 0 Å². The summed E-state index contributed by atoms with van der Waals surface area (Å²) < 4.78 is 10.9. The topological polar surface area (TPSA) is 84.9 Å². The number of amides is 1. The monoisotopic (exact) mass is 419 g/mol. The largest absolute Gasteiger partial charge is 0.451 e. The highest BCUT2D eigenvalue weighted by Crippen LogP contribution is 2.26. The van der Waals surface area contributed by atoms with Gasteiger partial charge in [0.15, 0.2) is 12.1 Å². The lowest BCUT2D eigenvalue weighted by Gasteiger charge is -2.24. The smallest absolute Gasteiger partial charge is 0.408 e. The second-order valence-electron chi connectivity index (χ2n) is 7.06.